The minimum atomic E-state index is 0.412. The van der Waals surface area contributed by atoms with Crippen LogP contribution in [0.1, 0.15) is 0 Å². The first kappa shape index (κ1) is 12.8. The summed E-state index contributed by atoms with van der Waals surface area (Å²) in [4.78, 5) is 0. The molecule has 0 radical (unpaired) electrons. The first-order valence-electron chi connectivity index (χ1n) is 4.68. The molecule has 0 aliphatic carbocycles. The molecule has 88 valence electrons. The zero-order valence-electron chi connectivity index (χ0n) is 8.48. The molecule has 0 aliphatic heterocycles. The highest BCUT2D eigenvalue weighted by Crippen LogP contribution is 2.36. The van der Waals surface area contributed by atoms with Crippen LogP contribution < -0.4 is 5.73 Å². The van der Waals surface area contributed by atoms with Crippen LogP contribution in [-0.2, 0) is 0 Å². The third kappa shape index (κ3) is 2.80. The van der Waals surface area contributed by atoms with Crippen molar-refractivity contribution < 1.29 is 0 Å². The van der Waals surface area contributed by atoms with Crippen molar-refractivity contribution in [1.82, 2.24) is 0 Å². The fourth-order valence-corrected chi connectivity index (χ4v) is 2.41. The number of benzene rings is 2. The monoisotopic (exact) mass is 305 g/mol. The quantitative estimate of drug-likeness (QED) is 0.542. The SMILES string of the molecule is Nc1cc(Cl)cc(-c2cc(Cl)c(Cl)cc2Cl)c1. The summed E-state index contributed by atoms with van der Waals surface area (Å²) < 4.78 is 0. The molecule has 17 heavy (non-hydrogen) atoms. The molecule has 0 saturated carbocycles. The van der Waals surface area contributed by atoms with Crippen LogP contribution in [0, 0.1) is 0 Å². The first-order chi connectivity index (χ1) is 7.97. The molecule has 0 atom stereocenters. The third-order valence-corrected chi connectivity index (χ3v) is 3.49. The number of nitrogens with two attached hydrogens (primary N) is 1. The zero-order chi connectivity index (χ0) is 12.6. The van der Waals surface area contributed by atoms with Crippen LogP contribution >= 0.6 is 46.4 Å². The molecule has 0 saturated heterocycles. The van der Waals surface area contributed by atoms with E-state index in [0.717, 1.165) is 11.1 Å². The summed E-state index contributed by atoms with van der Waals surface area (Å²) in [6.07, 6.45) is 0. The van der Waals surface area contributed by atoms with E-state index in [0.29, 0.717) is 25.8 Å². The van der Waals surface area contributed by atoms with E-state index in [1.807, 2.05) is 0 Å². The molecule has 1 nitrogen and oxygen atoms in total. The topological polar surface area (TPSA) is 26.0 Å². The number of rotatable bonds is 1. The predicted molar refractivity (Wildman–Crippen MR) is 76.3 cm³/mol. The molecular weight excluding hydrogens is 300 g/mol. The van der Waals surface area contributed by atoms with Crippen LogP contribution in [0.4, 0.5) is 5.69 Å². The van der Waals surface area contributed by atoms with Gasteiger partial charge < -0.3 is 5.73 Å². The third-order valence-electron chi connectivity index (χ3n) is 2.24. The van der Waals surface area contributed by atoms with Gasteiger partial charge in [0.05, 0.1) is 10.0 Å². The van der Waals surface area contributed by atoms with Gasteiger partial charge in [-0.25, -0.2) is 0 Å². The van der Waals surface area contributed by atoms with E-state index in [1.54, 1.807) is 30.3 Å². The van der Waals surface area contributed by atoms with E-state index in [1.165, 1.54) is 0 Å². The van der Waals surface area contributed by atoms with Gasteiger partial charge in [0.25, 0.3) is 0 Å². The molecule has 0 unspecified atom stereocenters. The number of hydrogen-bond donors (Lipinski definition) is 1. The van der Waals surface area contributed by atoms with Crippen LogP contribution in [0.15, 0.2) is 30.3 Å². The Kier molecular flexibility index (Phi) is 3.74. The fourth-order valence-electron chi connectivity index (χ4n) is 1.51. The van der Waals surface area contributed by atoms with Gasteiger partial charge in [-0.3, -0.25) is 0 Å². The van der Waals surface area contributed by atoms with Gasteiger partial charge >= 0.3 is 0 Å². The molecule has 0 heterocycles. The van der Waals surface area contributed by atoms with Crippen LogP contribution in [-0.4, -0.2) is 0 Å². The number of anilines is 1. The van der Waals surface area contributed by atoms with Gasteiger partial charge in [-0.15, -0.1) is 0 Å². The number of nitrogen functional groups attached to an aromatic ring is 1. The number of halogens is 4. The van der Waals surface area contributed by atoms with Crippen molar-refractivity contribution in [1.29, 1.82) is 0 Å². The fraction of sp³-hybridized carbons (Fsp3) is 0. The Morgan fingerprint density at radius 1 is 0.706 bits per heavy atom. The molecule has 0 aromatic heterocycles. The van der Waals surface area contributed by atoms with Crippen molar-refractivity contribution in [3.63, 3.8) is 0 Å². The predicted octanol–water partition coefficient (Wildman–Crippen LogP) is 5.55. The zero-order valence-corrected chi connectivity index (χ0v) is 11.5. The largest absolute Gasteiger partial charge is 0.399 e. The van der Waals surface area contributed by atoms with Crippen molar-refractivity contribution in [3.8, 4) is 11.1 Å². The highest BCUT2D eigenvalue weighted by atomic mass is 35.5. The highest BCUT2D eigenvalue weighted by molar-refractivity contribution is 6.44. The summed E-state index contributed by atoms with van der Waals surface area (Å²) in [6.45, 7) is 0. The molecule has 2 rings (SSSR count). The van der Waals surface area contributed by atoms with Crippen molar-refractivity contribution in [3.05, 3.63) is 50.4 Å². The van der Waals surface area contributed by atoms with Crippen molar-refractivity contribution in [2.45, 2.75) is 0 Å². The second-order valence-corrected chi connectivity index (χ2v) is 5.18. The highest BCUT2D eigenvalue weighted by Gasteiger charge is 2.09. The number of hydrogen-bond acceptors (Lipinski definition) is 1. The van der Waals surface area contributed by atoms with Crippen LogP contribution in [0.2, 0.25) is 20.1 Å². The summed E-state index contributed by atoms with van der Waals surface area (Å²) in [5.74, 6) is 0. The molecule has 5 heteroatoms. The Morgan fingerprint density at radius 3 is 2.00 bits per heavy atom. The van der Waals surface area contributed by atoms with E-state index in [9.17, 15) is 0 Å². The maximum atomic E-state index is 6.11. The van der Waals surface area contributed by atoms with Crippen LogP contribution in [0.25, 0.3) is 11.1 Å². The lowest BCUT2D eigenvalue weighted by atomic mass is 10.1. The van der Waals surface area contributed by atoms with Crippen molar-refractivity contribution >= 4 is 52.1 Å². The molecule has 2 N–H and O–H groups in total. The molecule has 0 spiro atoms. The molecule has 2 aromatic carbocycles. The van der Waals surface area contributed by atoms with Gasteiger partial charge in [0, 0.05) is 21.3 Å². The minimum absolute atomic E-state index is 0.412. The maximum Gasteiger partial charge on any atom is 0.0607 e. The summed E-state index contributed by atoms with van der Waals surface area (Å²) >= 11 is 23.9. The molecular formula is C12H7Cl4N. The average molecular weight is 307 g/mol. The second kappa shape index (κ2) is 4.95. The lowest BCUT2D eigenvalue weighted by Crippen LogP contribution is -1.87. The smallest absolute Gasteiger partial charge is 0.0607 e. The first-order valence-corrected chi connectivity index (χ1v) is 6.19. The summed E-state index contributed by atoms with van der Waals surface area (Å²) in [6, 6.07) is 8.49. The van der Waals surface area contributed by atoms with Gasteiger partial charge in [0.2, 0.25) is 0 Å². The van der Waals surface area contributed by atoms with Crippen molar-refractivity contribution in [2.24, 2.45) is 0 Å². The van der Waals surface area contributed by atoms with Gasteiger partial charge in [0.15, 0.2) is 0 Å². The average Bonchev–Trinajstić information content (AvgIpc) is 2.22. The van der Waals surface area contributed by atoms with Gasteiger partial charge in [0.1, 0.15) is 0 Å². The van der Waals surface area contributed by atoms with Crippen LogP contribution in [0.5, 0.6) is 0 Å². The Bertz CT molecular complexity index is 561. The van der Waals surface area contributed by atoms with Gasteiger partial charge in [-0.2, -0.15) is 0 Å². The molecule has 2 aromatic rings. The van der Waals surface area contributed by atoms with E-state index < -0.39 is 0 Å². The maximum absolute atomic E-state index is 6.11. The lowest BCUT2D eigenvalue weighted by molar-refractivity contribution is 1.61. The second-order valence-electron chi connectivity index (χ2n) is 3.52. The van der Waals surface area contributed by atoms with E-state index in [-0.39, 0.29) is 0 Å². The molecule has 0 bridgehead atoms. The molecule has 0 amide bonds. The molecule has 0 aliphatic rings. The standard InChI is InChI=1S/C12H7Cl4N/c13-7-1-6(2-8(17)3-7)9-4-11(15)12(16)5-10(9)14/h1-5H,17H2. The normalized spacial score (nSPS) is 10.6. The lowest BCUT2D eigenvalue weighted by Gasteiger charge is -2.08. The Morgan fingerprint density at radius 2 is 1.35 bits per heavy atom. The van der Waals surface area contributed by atoms with E-state index in [4.69, 9.17) is 52.1 Å². The molecule has 0 fully saturated rings. The summed E-state index contributed by atoms with van der Waals surface area (Å²) in [7, 11) is 0. The van der Waals surface area contributed by atoms with Gasteiger partial charge in [-0.05, 0) is 35.9 Å². The van der Waals surface area contributed by atoms with Crippen molar-refractivity contribution in [2.75, 3.05) is 5.73 Å². The summed E-state index contributed by atoms with van der Waals surface area (Å²) in [5.41, 5.74) is 7.84. The van der Waals surface area contributed by atoms with E-state index in [2.05, 4.69) is 0 Å². The van der Waals surface area contributed by atoms with Crippen LogP contribution in [0.3, 0.4) is 0 Å². The summed E-state index contributed by atoms with van der Waals surface area (Å²) in [5, 5.41) is 1.89. The Balaban J connectivity index is 2.64. The van der Waals surface area contributed by atoms with Gasteiger partial charge in [-0.1, -0.05) is 46.4 Å². The van der Waals surface area contributed by atoms with E-state index >= 15 is 0 Å². The minimum Gasteiger partial charge on any atom is -0.399 e. The Hall–Kier alpha value is -0.600. The Labute approximate surface area is 119 Å².